The number of amides is 1. The van der Waals surface area contributed by atoms with E-state index in [1.165, 1.54) is 17.3 Å². The summed E-state index contributed by atoms with van der Waals surface area (Å²) in [6.07, 6.45) is 0.949. The predicted octanol–water partition coefficient (Wildman–Crippen LogP) is 3.16. The molecule has 28 heavy (non-hydrogen) atoms. The zero-order chi connectivity index (χ0) is 19.9. The fourth-order valence-electron chi connectivity index (χ4n) is 2.81. The lowest BCUT2D eigenvalue weighted by Gasteiger charge is -2.18. The minimum absolute atomic E-state index is 0.0559. The van der Waals surface area contributed by atoms with Crippen molar-refractivity contribution in [2.45, 2.75) is 36.6 Å². The lowest BCUT2D eigenvalue weighted by atomic mass is 9.96. The first-order valence-corrected chi connectivity index (χ1v) is 10.0. The highest BCUT2D eigenvalue weighted by Crippen LogP contribution is 2.24. The van der Waals surface area contributed by atoms with Crippen molar-refractivity contribution in [2.24, 2.45) is 0 Å². The standard InChI is InChI=1S/C20H23N5O2S/c1-3-15(16-7-5-4-6-8-16)13-21-19(27)14(2)28-20-22-23-24-25(20)17-9-11-18(26)12-10-17/h4-12,14-15,26H,3,13H2,1-2H3,(H,21,27)/t14-,15-/m1/s1. The van der Waals surface area contributed by atoms with Crippen LogP contribution in [0.2, 0.25) is 0 Å². The third-order valence-corrected chi connectivity index (χ3v) is 5.51. The molecule has 0 saturated heterocycles. The van der Waals surface area contributed by atoms with Gasteiger partial charge < -0.3 is 10.4 Å². The van der Waals surface area contributed by atoms with Crippen LogP contribution in [-0.2, 0) is 4.79 Å². The number of hydrogen-bond donors (Lipinski definition) is 2. The second-order valence-electron chi connectivity index (χ2n) is 6.41. The number of nitrogens with one attached hydrogen (secondary N) is 1. The highest BCUT2D eigenvalue weighted by molar-refractivity contribution is 8.00. The maximum Gasteiger partial charge on any atom is 0.233 e. The molecular formula is C20H23N5O2S. The van der Waals surface area contributed by atoms with Gasteiger partial charge in [0.1, 0.15) is 5.75 Å². The smallest absolute Gasteiger partial charge is 0.233 e. The molecule has 0 saturated carbocycles. The number of tetrazole rings is 1. The Labute approximate surface area is 168 Å². The van der Waals surface area contributed by atoms with Crippen molar-refractivity contribution in [1.29, 1.82) is 0 Å². The monoisotopic (exact) mass is 397 g/mol. The molecule has 2 aromatic carbocycles. The topological polar surface area (TPSA) is 92.9 Å². The summed E-state index contributed by atoms with van der Waals surface area (Å²) in [6.45, 7) is 4.54. The average Bonchev–Trinajstić information content (AvgIpc) is 3.17. The molecular weight excluding hydrogens is 374 g/mol. The molecule has 3 rings (SSSR count). The van der Waals surface area contributed by atoms with Crippen molar-refractivity contribution >= 4 is 17.7 Å². The molecule has 8 heteroatoms. The second-order valence-corrected chi connectivity index (χ2v) is 7.72. The van der Waals surface area contributed by atoms with Crippen LogP contribution in [0.3, 0.4) is 0 Å². The summed E-state index contributed by atoms with van der Waals surface area (Å²) in [7, 11) is 0. The Morgan fingerprint density at radius 1 is 1.18 bits per heavy atom. The molecule has 0 spiro atoms. The first-order valence-electron chi connectivity index (χ1n) is 9.15. The SMILES string of the molecule is CC[C@H](CNC(=O)[C@@H](C)Sc1nnnn1-c1ccc(O)cc1)c1ccccc1. The third-order valence-electron chi connectivity index (χ3n) is 4.47. The van der Waals surface area contributed by atoms with E-state index in [2.05, 4.69) is 39.9 Å². The Morgan fingerprint density at radius 2 is 1.89 bits per heavy atom. The summed E-state index contributed by atoms with van der Waals surface area (Å²) in [5.74, 6) is 0.395. The van der Waals surface area contributed by atoms with Gasteiger partial charge in [0.05, 0.1) is 10.9 Å². The number of aromatic nitrogens is 4. The number of aromatic hydroxyl groups is 1. The first-order chi connectivity index (χ1) is 13.6. The van der Waals surface area contributed by atoms with Crippen molar-refractivity contribution in [1.82, 2.24) is 25.5 Å². The van der Waals surface area contributed by atoms with Crippen LogP contribution in [0, 0.1) is 0 Å². The number of hydrogen-bond acceptors (Lipinski definition) is 6. The van der Waals surface area contributed by atoms with Gasteiger partial charge in [-0.05, 0) is 53.6 Å². The molecule has 0 unspecified atom stereocenters. The molecule has 0 bridgehead atoms. The van der Waals surface area contributed by atoms with Gasteiger partial charge in [-0.2, -0.15) is 4.68 Å². The van der Waals surface area contributed by atoms with Gasteiger partial charge in [-0.15, -0.1) is 5.10 Å². The van der Waals surface area contributed by atoms with Crippen LogP contribution < -0.4 is 5.32 Å². The molecule has 3 aromatic rings. The normalized spacial score (nSPS) is 13.1. The summed E-state index contributed by atoms with van der Waals surface area (Å²) in [5.41, 5.74) is 1.94. The van der Waals surface area contributed by atoms with Gasteiger partial charge in [0, 0.05) is 12.5 Å². The largest absolute Gasteiger partial charge is 0.508 e. The molecule has 2 N–H and O–H groups in total. The molecule has 1 heterocycles. The summed E-state index contributed by atoms with van der Waals surface area (Å²) in [6, 6.07) is 16.8. The zero-order valence-electron chi connectivity index (χ0n) is 15.8. The Kier molecular flexibility index (Phi) is 6.65. The number of carbonyl (C=O) groups is 1. The maximum absolute atomic E-state index is 12.6. The fourth-order valence-corrected chi connectivity index (χ4v) is 3.64. The van der Waals surface area contributed by atoms with Gasteiger partial charge in [0.25, 0.3) is 0 Å². The number of carbonyl (C=O) groups excluding carboxylic acids is 1. The molecule has 1 amide bonds. The fraction of sp³-hybridized carbons (Fsp3) is 0.300. The Bertz CT molecular complexity index is 898. The van der Waals surface area contributed by atoms with Crippen LogP contribution in [0.15, 0.2) is 59.8 Å². The molecule has 0 radical (unpaired) electrons. The van der Waals surface area contributed by atoms with Crippen LogP contribution in [0.4, 0.5) is 0 Å². The van der Waals surface area contributed by atoms with Gasteiger partial charge in [-0.1, -0.05) is 49.0 Å². The number of nitrogens with zero attached hydrogens (tertiary/aromatic N) is 4. The number of phenolic OH excluding ortho intramolecular Hbond substituents is 1. The van der Waals surface area contributed by atoms with Gasteiger partial charge >= 0.3 is 0 Å². The Balaban J connectivity index is 1.60. The molecule has 0 aliphatic rings. The lowest BCUT2D eigenvalue weighted by molar-refractivity contribution is -0.120. The molecule has 1 aromatic heterocycles. The summed E-state index contributed by atoms with van der Waals surface area (Å²) >= 11 is 1.29. The van der Waals surface area contributed by atoms with Crippen molar-refractivity contribution in [3.05, 3.63) is 60.2 Å². The predicted molar refractivity (Wildman–Crippen MR) is 109 cm³/mol. The number of phenols is 1. The van der Waals surface area contributed by atoms with Gasteiger partial charge in [0.15, 0.2) is 0 Å². The molecule has 146 valence electrons. The van der Waals surface area contributed by atoms with Crippen LogP contribution in [0.25, 0.3) is 5.69 Å². The highest BCUT2D eigenvalue weighted by Gasteiger charge is 2.20. The first kappa shape index (κ1) is 19.9. The minimum atomic E-state index is -0.352. The summed E-state index contributed by atoms with van der Waals surface area (Å²) < 4.78 is 1.55. The maximum atomic E-state index is 12.6. The van der Waals surface area contributed by atoms with Crippen molar-refractivity contribution < 1.29 is 9.90 Å². The molecule has 7 nitrogen and oxygen atoms in total. The number of rotatable bonds is 8. The van der Waals surface area contributed by atoms with E-state index in [1.807, 2.05) is 25.1 Å². The number of benzene rings is 2. The molecule has 0 aliphatic heterocycles. The van der Waals surface area contributed by atoms with E-state index in [1.54, 1.807) is 28.9 Å². The molecule has 0 fully saturated rings. The van der Waals surface area contributed by atoms with E-state index in [-0.39, 0.29) is 22.8 Å². The van der Waals surface area contributed by atoms with E-state index in [4.69, 9.17) is 0 Å². The van der Waals surface area contributed by atoms with E-state index < -0.39 is 0 Å². The van der Waals surface area contributed by atoms with E-state index in [9.17, 15) is 9.90 Å². The zero-order valence-corrected chi connectivity index (χ0v) is 16.6. The Hall–Kier alpha value is -2.87. The van der Waals surface area contributed by atoms with E-state index in [0.29, 0.717) is 17.4 Å². The summed E-state index contributed by atoms with van der Waals surface area (Å²) in [4.78, 5) is 12.6. The quantitative estimate of drug-likeness (QED) is 0.567. The average molecular weight is 398 g/mol. The van der Waals surface area contributed by atoms with Crippen LogP contribution in [0.1, 0.15) is 31.7 Å². The Morgan fingerprint density at radius 3 is 2.57 bits per heavy atom. The highest BCUT2D eigenvalue weighted by atomic mass is 32.2. The molecule has 2 atom stereocenters. The van der Waals surface area contributed by atoms with Gasteiger partial charge in [-0.25, -0.2) is 0 Å². The number of thioether (sulfide) groups is 1. The van der Waals surface area contributed by atoms with E-state index >= 15 is 0 Å². The van der Waals surface area contributed by atoms with Crippen LogP contribution >= 0.6 is 11.8 Å². The van der Waals surface area contributed by atoms with E-state index in [0.717, 1.165) is 6.42 Å². The van der Waals surface area contributed by atoms with Crippen molar-refractivity contribution in [2.75, 3.05) is 6.54 Å². The van der Waals surface area contributed by atoms with Crippen molar-refractivity contribution in [3.8, 4) is 11.4 Å². The summed E-state index contributed by atoms with van der Waals surface area (Å²) in [5, 5.41) is 24.3. The van der Waals surface area contributed by atoms with Gasteiger partial charge in [-0.3, -0.25) is 4.79 Å². The lowest BCUT2D eigenvalue weighted by Crippen LogP contribution is -2.34. The third kappa shape index (κ3) is 4.89. The van der Waals surface area contributed by atoms with Crippen LogP contribution in [-0.4, -0.2) is 43.0 Å². The molecule has 0 aliphatic carbocycles. The minimum Gasteiger partial charge on any atom is -0.508 e. The second kappa shape index (κ2) is 9.36. The van der Waals surface area contributed by atoms with Crippen LogP contribution in [0.5, 0.6) is 5.75 Å². The van der Waals surface area contributed by atoms with Gasteiger partial charge in [0.2, 0.25) is 11.1 Å². The van der Waals surface area contributed by atoms with Crippen molar-refractivity contribution in [3.63, 3.8) is 0 Å².